The largest absolute Gasteiger partial charge is 0.380 e. The van der Waals surface area contributed by atoms with Gasteiger partial charge in [-0.15, -0.1) is 0 Å². The molecule has 3 heterocycles. The molecule has 0 unspecified atom stereocenters. The van der Waals surface area contributed by atoms with E-state index in [0.29, 0.717) is 24.5 Å². The Kier molecular flexibility index (Phi) is 8.70. The minimum Gasteiger partial charge on any atom is -0.380 e. The van der Waals surface area contributed by atoms with Crippen molar-refractivity contribution in [3.63, 3.8) is 0 Å². The smallest absolute Gasteiger partial charge is 0.322 e. The lowest BCUT2D eigenvalue weighted by molar-refractivity contribution is -0.117. The summed E-state index contributed by atoms with van der Waals surface area (Å²) in [4.78, 5) is 26.7. The molecule has 1 saturated carbocycles. The molecular weight excluding hydrogens is 524 g/mol. The molecule has 1 aromatic heterocycles. The van der Waals surface area contributed by atoms with Gasteiger partial charge in [-0.2, -0.15) is 0 Å². The van der Waals surface area contributed by atoms with Crippen LogP contribution in [0.15, 0.2) is 77.9 Å². The number of ether oxygens (including phenoxy) is 1. The van der Waals surface area contributed by atoms with Crippen molar-refractivity contribution < 1.29 is 9.53 Å². The number of anilines is 3. The molecule has 0 bridgehead atoms. The summed E-state index contributed by atoms with van der Waals surface area (Å²) >= 11 is 0. The van der Waals surface area contributed by atoms with Gasteiger partial charge in [-0.1, -0.05) is 36.4 Å². The van der Waals surface area contributed by atoms with Gasteiger partial charge >= 0.3 is 6.03 Å². The quantitative estimate of drug-likeness (QED) is 0.309. The number of aliphatic imine (C=N–C) groups is 1. The van der Waals surface area contributed by atoms with Crippen LogP contribution in [0.3, 0.4) is 0 Å². The molecule has 220 valence electrons. The summed E-state index contributed by atoms with van der Waals surface area (Å²) in [5.74, 6) is 0.882. The number of hydrogen-bond acceptors (Lipinski definition) is 6. The molecule has 2 aromatic carbocycles. The van der Waals surface area contributed by atoms with Gasteiger partial charge in [0.1, 0.15) is 5.82 Å². The number of nitrogens with one attached hydrogen (secondary N) is 2. The minimum atomic E-state index is -0.0420. The first kappa shape index (κ1) is 28.2. The fourth-order valence-corrected chi connectivity index (χ4v) is 6.65. The number of benzene rings is 2. The molecule has 0 atom stereocenters. The van der Waals surface area contributed by atoms with Crippen LogP contribution in [0.4, 0.5) is 22.0 Å². The maximum atomic E-state index is 13.7. The zero-order valence-corrected chi connectivity index (χ0v) is 24.4. The van der Waals surface area contributed by atoms with E-state index in [1.54, 1.807) is 0 Å². The van der Waals surface area contributed by atoms with Gasteiger partial charge < -0.3 is 20.3 Å². The molecule has 0 radical (unpaired) electrons. The zero-order valence-electron chi connectivity index (χ0n) is 24.4. The molecule has 3 aliphatic rings. The molecule has 6 rings (SSSR count). The highest BCUT2D eigenvalue weighted by Crippen LogP contribution is 2.39. The predicted molar refractivity (Wildman–Crippen MR) is 169 cm³/mol. The zero-order chi connectivity index (χ0) is 28.8. The van der Waals surface area contributed by atoms with E-state index in [1.165, 1.54) is 18.5 Å². The second-order valence-corrected chi connectivity index (χ2v) is 12.1. The van der Waals surface area contributed by atoms with Crippen molar-refractivity contribution in [1.82, 2.24) is 10.3 Å². The van der Waals surface area contributed by atoms with Crippen molar-refractivity contribution in [3.8, 4) is 0 Å². The first-order valence-corrected chi connectivity index (χ1v) is 15.3. The van der Waals surface area contributed by atoms with Crippen LogP contribution in [-0.2, 0) is 17.8 Å². The monoisotopic (exact) mass is 566 g/mol. The number of nitrogens with zero attached hydrogens (tertiary/aromatic N) is 4. The molecule has 3 fully saturated rings. The van der Waals surface area contributed by atoms with Gasteiger partial charge in [0.15, 0.2) is 0 Å². The second-order valence-electron chi connectivity index (χ2n) is 12.1. The van der Waals surface area contributed by atoms with Gasteiger partial charge in [-0.05, 0) is 86.7 Å². The Labute approximate surface area is 249 Å². The predicted octanol–water partition coefficient (Wildman–Crippen LogP) is 6.04. The van der Waals surface area contributed by atoms with E-state index in [-0.39, 0.29) is 12.1 Å². The summed E-state index contributed by atoms with van der Waals surface area (Å²) < 4.78 is 5.56. The molecule has 42 heavy (non-hydrogen) atoms. The van der Waals surface area contributed by atoms with Crippen LogP contribution in [-0.4, -0.2) is 56.1 Å². The van der Waals surface area contributed by atoms with E-state index in [4.69, 9.17) is 4.74 Å². The molecule has 8 nitrogen and oxygen atoms in total. The number of carbonyl (C=O) groups is 1. The Morgan fingerprint density at radius 3 is 2.48 bits per heavy atom. The SMILES string of the molecule is C=NCc1ccc(NC2CCC(N(C(=O)NCc3ccccc3)c3ccc(N4CCCC5(COC5)C4)cc3)CC2)nc1. The second kappa shape index (κ2) is 12.9. The number of rotatable bonds is 9. The highest BCUT2D eigenvalue weighted by atomic mass is 16.5. The number of pyridine rings is 1. The summed E-state index contributed by atoms with van der Waals surface area (Å²) in [6.07, 6.45) is 8.09. The topological polar surface area (TPSA) is 82.1 Å². The van der Waals surface area contributed by atoms with E-state index in [0.717, 1.165) is 74.6 Å². The van der Waals surface area contributed by atoms with Gasteiger partial charge in [0, 0.05) is 54.7 Å². The number of hydrogen-bond donors (Lipinski definition) is 2. The van der Waals surface area contributed by atoms with Crippen molar-refractivity contribution in [3.05, 3.63) is 84.1 Å². The summed E-state index contributed by atoms with van der Waals surface area (Å²) in [6.45, 7) is 8.52. The Hall–Kier alpha value is -3.91. The van der Waals surface area contributed by atoms with Crippen LogP contribution < -0.4 is 20.4 Å². The number of piperidine rings is 1. The maximum Gasteiger partial charge on any atom is 0.322 e. The van der Waals surface area contributed by atoms with Gasteiger partial charge in [0.25, 0.3) is 0 Å². The highest BCUT2D eigenvalue weighted by molar-refractivity contribution is 5.92. The Balaban J connectivity index is 1.13. The Bertz CT molecular complexity index is 1320. The van der Waals surface area contributed by atoms with Crippen LogP contribution in [0.2, 0.25) is 0 Å². The van der Waals surface area contributed by atoms with Crippen molar-refractivity contribution in [1.29, 1.82) is 0 Å². The lowest BCUT2D eigenvalue weighted by Crippen LogP contribution is -2.54. The van der Waals surface area contributed by atoms with E-state index in [2.05, 4.69) is 56.5 Å². The van der Waals surface area contributed by atoms with Gasteiger partial charge in [-0.3, -0.25) is 9.89 Å². The molecule has 2 amide bonds. The van der Waals surface area contributed by atoms with Crippen LogP contribution in [0.5, 0.6) is 0 Å². The van der Waals surface area contributed by atoms with Crippen molar-refractivity contribution >= 4 is 29.9 Å². The van der Waals surface area contributed by atoms with Crippen molar-refractivity contribution in [2.45, 2.75) is 63.7 Å². The number of aromatic nitrogens is 1. The van der Waals surface area contributed by atoms with Gasteiger partial charge in [-0.25, -0.2) is 9.78 Å². The fourth-order valence-electron chi connectivity index (χ4n) is 6.65. The first-order chi connectivity index (χ1) is 20.6. The maximum absolute atomic E-state index is 13.7. The van der Waals surface area contributed by atoms with Crippen molar-refractivity contribution in [2.75, 3.05) is 41.4 Å². The summed E-state index contributed by atoms with van der Waals surface area (Å²) in [5, 5.41) is 6.78. The average molecular weight is 567 g/mol. The molecule has 2 N–H and O–H groups in total. The minimum absolute atomic E-state index is 0.0420. The average Bonchev–Trinajstić information content (AvgIpc) is 3.02. The van der Waals surface area contributed by atoms with Gasteiger partial charge in [0.2, 0.25) is 0 Å². The third kappa shape index (κ3) is 6.59. The number of amides is 2. The third-order valence-corrected chi connectivity index (χ3v) is 9.01. The molecule has 2 saturated heterocycles. The molecule has 1 spiro atoms. The first-order valence-electron chi connectivity index (χ1n) is 15.3. The van der Waals surface area contributed by atoms with E-state index >= 15 is 0 Å². The highest BCUT2D eigenvalue weighted by Gasteiger charge is 2.42. The van der Waals surface area contributed by atoms with Crippen LogP contribution in [0, 0.1) is 5.41 Å². The normalized spacial score (nSPS) is 21.3. The lowest BCUT2D eigenvalue weighted by atomic mass is 9.78. The van der Waals surface area contributed by atoms with Crippen LogP contribution >= 0.6 is 0 Å². The van der Waals surface area contributed by atoms with Crippen molar-refractivity contribution in [2.24, 2.45) is 10.4 Å². The van der Waals surface area contributed by atoms with Crippen LogP contribution in [0.25, 0.3) is 0 Å². The van der Waals surface area contributed by atoms with E-state index in [1.807, 2.05) is 53.6 Å². The molecule has 1 aliphatic carbocycles. The third-order valence-electron chi connectivity index (χ3n) is 9.01. The summed E-state index contributed by atoms with van der Waals surface area (Å²) in [7, 11) is 0. The molecule has 2 aliphatic heterocycles. The summed E-state index contributed by atoms with van der Waals surface area (Å²) in [5.41, 5.74) is 4.65. The standard InChI is InChI=1S/C34H42N6O2/c1-35-20-27-8-17-32(36-22-27)38-28-9-11-30(12-10-28)40(33(41)37-21-26-6-3-2-4-7-26)31-15-13-29(14-16-31)39-19-5-18-34(23-39)24-42-25-34/h2-4,6-8,13-17,22,28,30H,1,5,9-12,18-21,23-25H2,(H,36,38)(H,37,41). The summed E-state index contributed by atoms with van der Waals surface area (Å²) in [6, 6.07) is 23.2. The lowest BCUT2D eigenvalue weighted by Gasteiger charge is -2.49. The van der Waals surface area contributed by atoms with Crippen LogP contribution in [0.1, 0.15) is 49.7 Å². The molecule has 3 aromatic rings. The van der Waals surface area contributed by atoms with E-state index in [9.17, 15) is 4.79 Å². The number of carbonyl (C=O) groups excluding carboxylic acids is 1. The number of urea groups is 1. The fraction of sp³-hybridized carbons (Fsp3) is 0.441. The molecule has 8 heteroatoms. The Morgan fingerprint density at radius 2 is 1.81 bits per heavy atom. The van der Waals surface area contributed by atoms with Gasteiger partial charge in [0.05, 0.1) is 19.8 Å². The Morgan fingerprint density at radius 1 is 1.02 bits per heavy atom. The molecular formula is C34H42N6O2. The van der Waals surface area contributed by atoms with E-state index < -0.39 is 0 Å².